The molecule has 25 heavy (non-hydrogen) atoms. The summed E-state index contributed by atoms with van der Waals surface area (Å²) in [5.74, 6) is -0.799. The highest BCUT2D eigenvalue weighted by Crippen LogP contribution is 2.12. The molecule has 6 nitrogen and oxygen atoms in total. The van der Waals surface area contributed by atoms with E-state index in [4.69, 9.17) is 4.42 Å². The minimum atomic E-state index is -1.07. The SMILES string of the molecule is CCCCc1ccc(NC(=O)C[C@@H](NCc2ccco2)C(=O)O)cc1. The van der Waals surface area contributed by atoms with E-state index in [1.54, 1.807) is 12.1 Å². The van der Waals surface area contributed by atoms with E-state index in [0.29, 0.717) is 11.4 Å². The van der Waals surface area contributed by atoms with Crippen LogP contribution in [0.15, 0.2) is 47.1 Å². The van der Waals surface area contributed by atoms with Crippen LogP contribution in [0.2, 0.25) is 0 Å². The lowest BCUT2D eigenvalue weighted by molar-refractivity contribution is -0.141. The summed E-state index contributed by atoms with van der Waals surface area (Å²) in [6.45, 7) is 2.40. The second-order valence-electron chi connectivity index (χ2n) is 5.90. The largest absolute Gasteiger partial charge is 0.480 e. The van der Waals surface area contributed by atoms with Gasteiger partial charge in [-0.25, -0.2) is 0 Å². The van der Waals surface area contributed by atoms with E-state index >= 15 is 0 Å². The minimum absolute atomic E-state index is 0.159. The lowest BCUT2D eigenvalue weighted by Gasteiger charge is -2.14. The van der Waals surface area contributed by atoms with Crippen molar-refractivity contribution >= 4 is 17.6 Å². The van der Waals surface area contributed by atoms with Gasteiger partial charge in [-0.15, -0.1) is 0 Å². The molecular formula is C19H24N2O4. The van der Waals surface area contributed by atoms with Gasteiger partial charge >= 0.3 is 5.97 Å². The highest BCUT2D eigenvalue weighted by atomic mass is 16.4. The van der Waals surface area contributed by atoms with E-state index < -0.39 is 12.0 Å². The molecule has 0 unspecified atom stereocenters. The molecule has 0 fully saturated rings. The van der Waals surface area contributed by atoms with Gasteiger partial charge in [-0.3, -0.25) is 14.9 Å². The maximum atomic E-state index is 12.1. The zero-order valence-electron chi connectivity index (χ0n) is 14.3. The zero-order chi connectivity index (χ0) is 18.1. The minimum Gasteiger partial charge on any atom is -0.480 e. The van der Waals surface area contributed by atoms with Crippen LogP contribution in [-0.4, -0.2) is 23.0 Å². The molecule has 1 heterocycles. The molecule has 1 atom stereocenters. The number of nitrogens with one attached hydrogen (secondary N) is 2. The Balaban J connectivity index is 1.84. The normalized spacial score (nSPS) is 11.9. The van der Waals surface area contributed by atoms with E-state index in [0.717, 1.165) is 19.3 Å². The summed E-state index contributed by atoms with van der Waals surface area (Å²) in [5.41, 5.74) is 1.89. The molecule has 0 bridgehead atoms. The van der Waals surface area contributed by atoms with E-state index in [1.165, 1.54) is 11.8 Å². The number of carboxylic acid groups (broad SMARTS) is 1. The molecule has 0 aliphatic rings. The Kier molecular flexibility index (Phi) is 7.22. The van der Waals surface area contributed by atoms with Gasteiger partial charge in [-0.05, 0) is 42.7 Å². The molecule has 3 N–H and O–H groups in total. The van der Waals surface area contributed by atoms with E-state index in [-0.39, 0.29) is 18.9 Å². The summed E-state index contributed by atoms with van der Waals surface area (Å²) in [7, 11) is 0. The first kappa shape index (κ1) is 18.7. The molecular weight excluding hydrogens is 320 g/mol. The molecule has 1 aromatic heterocycles. The first-order valence-electron chi connectivity index (χ1n) is 8.46. The number of aryl methyl sites for hydroxylation is 1. The third-order valence-electron chi connectivity index (χ3n) is 3.85. The van der Waals surface area contributed by atoms with Crippen molar-refractivity contribution in [3.63, 3.8) is 0 Å². The molecule has 2 rings (SSSR count). The predicted octanol–water partition coefficient (Wildman–Crippen LogP) is 3.19. The molecule has 0 saturated heterocycles. The van der Waals surface area contributed by atoms with Gasteiger partial charge in [0.05, 0.1) is 19.2 Å². The van der Waals surface area contributed by atoms with Crippen molar-refractivity contribution in [1.29, 1.82) is 0 Å². The number of hydrogen-bond acceptors (Lipinski definition) is 4. The van der Waals surface area contributed by atoms with E-state index in [2.05, 4.69) is 17.6 Å². The number of hydrogen-bond donors (Lipinski definition) is 3. The number of amides is 1. The Bertz CT molecular complexity index is 665. The van der Waals surface area contributed by atoms with Crippen molar-refractivity contribution in [2.75, 3.05) is 5.32 Å². The Morgan fingerprint density at radius 3 is 2.56 bits per heavy atom. The van der Waals surface area contributed by atoms with Crippen LogP contribution in [0.5, 0.6) is 0 Å². The van der Waals surface area contributed by atoms with Gasteiger partial charge in [0.1, 0.15) is 11.8 Å². The Hall–Kier alpha value is -2.60. The van der Waals surface area contributed by atoms with Crippen molar-refractivity contribution in [1.82, 2.24) is 5.32 Å². The number of benzene rings is 1. The first-order valence-corrected chi connectivity index (χ1v) is 8.46. The number of carboxylic acids is 1. The van der Waals surface area contributed by atoms with Crippen LogP contribution in [0, 0.1) is 0 Å². The lowest BCUT2D eigenvalue weighted by atomic mass is 10.1. The number of furan rings is 1. The number of anilines is 1. The molecule has 1 aromatic carbocycles. The van der Waals surface area contributed by atoms with E-state index in [1.807, 2.05) is 24.3 Å². The fraction of sp³-hybridized carbons (Fsp3) is 0.368. The third-order valence-corrected chi connectivity index (χ3v) is 3.85. The molecule has 6 heteroatoms. The van der Waals surface area contributed by atoms with Crippen molar-refractivity contribution in [3.8, 4) is 0 Å². The first-order chi connectivity index (χ1) is 12.1. The van der Waals surface area contributed by atoms with Crippen LogP contribution in [0.3, 0.4) is 0 Å². The standard InChI is InChI=1S/C19H24N2O4/c1-2-3-5-14-7-9-15(10-8-14)21-18(22)12-17(19(23)24)20-13-16-6-4-11-25-16/h4,6-11,17,20H,2-3,5,12-13H2,1H3,(H,21,22)(H,23,24)/t17-/m1/s1. The summed E-state index contributed by atoms with van der Waals surface area (Å²) in [4.78, 5) is 23.4. The molecule has 0 saturated carbocycles. The zero-order valence-corrected chi connectivity index (χ0v) is 14.3. The van der Waals surface area contributed by atoms with Gasteiger partial charge in [0.2, 0.25) is 5.91 Å². The smallest absolute Gasteiger partial charge is 0.321 e. The Morgan fingerprint density at radius 2 is 1.96 bits per heavy atom. The summed E-state index contributed by atoms with van der Waals surface area (Å²) >= 11 is 0. The molecule has 0 spiro atoms. The second-order valence-corrected chi connectivity index (χ2v) is 5.90. The highest BCUT2D eigenvalue weighted by Gasteiger charge is 2.21. The van der Waals surface area contributed by atoms with Crippen LogP contribution in [0.1, 0.15) is 37.5 Å². The van der Waals surface area contributed by atoms with Crippen LogP contribution in [0.4, 0.5) is 5.69 Å². The summed E-state index contributed by atoms with van der Waals surface area (Å²) in [6, 6.07) is 10.1. The summed E-state index contributed by atoms with van der Waals surface area (Å²) in [6.07, 6.45) is 4.65. The monoisotopic (exact) mass is 344 g/mol. The molecule has 134 valence electrons. The molecule has 0 aliphatic heterocycles. The van der Waals surface area contributed by atoms with Crippen LogP contribution >= 0.6 is 0 Å². The van der Waals surface area contributed by atoms with Gasteiger partial charge in [-0.1, -0.05) is 25.5 Å². The fourth-order valence-electron chi connectivity index (χ4n) is 2.42. The van der Waals surface area contributed by atoms with Crippen LogP contribution in [-0.2, 0) is 22.6 Å². The summed E-state index contributed by atoms with van der Waals surface area (Å²) < 4.78 is 5.15. The van der Waals surface area contributed by atoms with E-state index in [9.17, 15) is 14.7 Å². The Labute approximate surface area is 147 Å². The maximum Gasteiger partial charge on any atom is 0.321 e. The van der Waals surface area contributed by atoms with Crippen molar-refractivity contribution in [2.24, 2.45) is 0 Å². The maximum absolute atomic E-state index is 12.1. The van der Waals surface area contributed by atoms with Gasteiger partial charge in [0.15, 0.2) is 0 Å². The van der Waals surface area contributed by atoms with Gasteiger partial charge in [0, 0.05) is 5.69 Å². The number of carbonyl (C=O) groups is 2. The molecule has 0 aliphatic carbocycles. The molecule has 2 aromatic rings. The number of aliphatic carboxylic acids is 1. The van der Waals surface area contributed by atoms with Gasteiger partial charge < -0.3 is 14.8 Å². The number of rotatable bonds is 10. The van der Waals surface area contributed by atoms with Gasteiger partial charge in [-0.2, -0.15) is 0 Å². The van der Waals surface area contributed by atoms with Gasteiger partial charge in [0.25, 0.3) is 0 Å². The number of unbranched alkanes of at least 4 members (excludes halogenated alkanes) is 1. The Morgan fingerprint density at radius 1 is 1.20 bits per heavy atom. The predicted molar refractivity (Wildman–Crippen MR) is 95.3 cm³/mol. The fourth-order valence-corrected chi connectivity index (χ4v) is 2.42. The van der Waals surface area contributed by atoms with Crippen LogP contribution < -0.4 is 10.6 Å². The average Bonchev–Trinajstić information content (AvgIpc) is 3.11. The third kappa shape index (κ3) is 6.43. The van der Waals surface area contributed by atoms with Crippen molar-refractivity contribution < 1.29 is 19.1 Å². The summed E-state index contributed by atoms with van der Waals surface area (Å²) in [5, 5.41) is 14.8. The lowest BCUT2D eigenvalue weighted by Crippen LogP contribution is -2.39. The molecule has 0 radical (unpaired) electrons. The highest BCUT2D eigenvalue weighted by molar-refractivity contribution is 5.94. The second kappa shape index (κ2) is 9.64. The number of carbonyl (C=O) groups excluding carboxylic acids is 1. The van der Waals surface area contributed by atoms with Crippen molar-refractivity contribution in [2.45, 2.75) is 45.2 Å². The quantitative estimate of drug-likeness (QED) is 0.616. The van der Waals surface area contributed by atoms with Crippen molar-refractivity contribution in [3.05, 3.63) is 54.0 Å². The van der Waals surface area contributed by atoms with Crippen LogP contribution in [0.25, 0.3) is 0 Å². The topological polar surface area (TPSA) is 91.6 Å². The molecule has 1 amide bonds. The average molecular weight is 344 g/mol.